The molecule has 1 aliphatic carbocycles. The van der Waals surface area contributed by atoms with Crippen LogP contribution in [0.15, 0.2) is 65.1 Å². The number of hydrogen-bond acceptors (Lipinski definition) is 5. The highest BCUT2D eigenvalue weighted by molar-refractivity contribution is 5.96. The van der Waals surface area contributed by atoms with Gasteiger partial charge in [0.1, 0.15) is 11.8 Å². The number of carboxylic acids is 1. The summed E-state index contributed by atoms with van der Waals surface area (Å²) in [4.78, 5) is 37.2. The topological polar surface area (TPSA) is 121 Å². The van der Waals surface area contributed by atoms with Gasteiger partial charge in [-0.25, -0.2) is 4.79 Å². The second-order valence-corrected chi connectivity index (χ2v) is 10.1. The molecule has 1 heterocycles. The Bertz CT molecular complexity index is 1350. The molecule has 1 atom stereocenters. The first-order chi connectivity index (χ1) is 19.6. The molecule has 2 aromatic carbocycles. The summed E-state index contributed by atoms with van der Waals surface area (Å²) in [5, 5.41) is 17.7. The summed E-state index contributed by atoms with van der Waals surface area (Å²) in [5.74, 6) is -1.71. The van der Waals surface area contributed by atoms with Crippen molar-refractivity contribution >= 4 is 23.5 Å². The number of rotatable bonds is 11. The van der Waals surface area contributed by atoms with Gasteiger partial charge in [-0.2, -0.15) is 13.2 Å². The Labute approximate surface area is 235 Å². The Hall–Kier alpha value is -4.28. The zero-order chi connectivity index (χ0) is 29.4. The van der Waals surface area contributed by atoms with Crippen LogP contribution in [0.5, 0.6) is 0 Å². The molecule has 0 radical (unpaired) electrons. The first-order valence-electron chi connectivity index (χ1n) is 13.5. The third-order valence-electron chi connectivity index (χ3n) is 7.11. The fourth-order valence-electron chi connectivity index (χ4n) is 4.93. The maximum Gasteiger partial charge on any atom is 0.416 e. The summed E-state index contributed by atoms with van der Waals surface area (Å²) in [7, 11) is 0. The Kier molecular flexibility index (Phi) is 9.69. The van der Waals surface area contributed by atoms with E-state index in [1.54, 1.807) is 12.1 Å². The van der Waals surface area contributed by atoms with Crippen molar-refractivity contribution < 1.29 is 37.1 Å². The zero-order valence-electron chi connectivity index (χ0n) is 22.3. The molecule has 3 aromatic rings. The van der Waals surface area contributed by atoms with Gasteiger partial charge in [-0.3, -0.25) is 9.59 Å². The fraction of sp³-hybridized carbons (Fsp3) is 0.367. The van der Waals surface area contributed by atoms with E-state index < -0.39 is 29.7 Å². The summed E-state index contributed by atoms with van der Waals surface area (Å²) >= 11 is 0. The molecule has 11 heteroatoms. The number of hydrogen-bond donors (Lipinski definition) is 4. The second kappa shape index (κ2) is 13.4. The van der Waals surface area contributed by atoms with E-state index >= 15 is 0 Å². The lowest BCUT2D eigenvalue weighted by Gasteiger charge is -2.26. The summed E-state index contributed by atoms with van der Waals surface area (Å²) in [6.07, 6.45) is 1.16. The van der Waals surface area contributed by atoms with Gasteiger partial charge in [0.15, 0.2) is 5.76 Å². The van der Waals surface area contributed by atoms with Crippen molar-refractivity contribution in [2.45, 2.75) is 50.7 Å². The van der Waals surface area contributed by atoms with Crippen LogP contribution in [0.3, 0.4) is 0 Å². The smallest absolute Gasteiger partial charge is 0.416 e. The Morgan fingerprint density at radius 3 is 2.37 bits per heavy atom. The van der Waals surface area contributed by atoms with Crippen molar-refractivity contribution in [1.82, 2.24) is 10.6 Å². The quantitative estimate of drug-likeness (QED) is 0.211. The predicted molar refractivity (Wildman–Crippen MR) is 146 cm³/mol. The van der Waals surface area contributed by atoms with Crippen LogP contribution in [0.4, 0.5) is 18.9 Å². The van der Waals surface area contributed by atoms with E-state index in [1.165, 1.54) is 36.4 Å². The van der Waals surface area contributed by atoms with E-state index in [-0.39, 0.29) is 41.0 Å². The average molecular weight is 572 g/mol. The number of furan rings is 1. The lowest BCUT2D eigenvalue weighted by atomic mass is 9.84. The predicted octanol–water partition coefficient (Wildman–Crippen LogP) is 5.96. The highest BCUT2D eigenvalue weighted by atomic mass is 19.4. The molecule has 41 heavy (non-hydrogen) atoms. The lowest BCUT2D eigenvalue weighted by molar-refractivity contribution is -0.137. The Morgan fingerprint density at radius 2 is 1.68 bits per heavy atom. The minimum absolute atomic E-state index is 0.106. The van der Waals surface area contributed by atoms with E-state index in [0.29, 0.717) is 18.7 Å². The number of alkyl halides is 3. The zero-order valence-corrected chi connectivity index (χ0v) is 22.3. The minimum Gasteiger partial charge on any atom is -0.478 e. The van der Waals surface area contributed by atoms with E-state index in [0.717, 1.165) is 44.2 Å². The Balaban J connectivity index is 1.37. The third-order valence-corrected chi connectivity index (χ3v) is 7.11. The second-order valence-electron chi connectivity index (χ2n) is 10.1. The van der Waals surface area contributed by atoms with Crippen LogP contribution < -0.4 is 16.0 Å². The molecule has 0 aliphatic heterocycles. The molecule has 4 rings (SSSR count). The number of anilines is 1. The van der Waals surface area contributed by atoms with Gasteiger partial charge in [0.25, 0.3) is 5.91 Å². The van der Waals surface area contributed by atoms with Crippen LogP contribution in [0.2, 0.25) is 0 Å². The number of carboxylic acid groups (broad SMARTS) is 1. The van der Waals surface area contributed by atoms with Crippen LogP contribution >= 0.6 is 0 Å². The van der Waals surface area contributed by atoms with E-state index in [2.05, 4.69) is 16.0 Å². The molecule has 1 aliphatic rings. The highest BCUT2D eigenvalue weighted by Gasteiger charge is 2.31. The molecule has 1 saturated carbocycles. The number of carbonyl (C=O) groups excluding carboxylic acids is 2. The molecule has 0 unspecified atom stereocenters. The fourth-order valence-corrected chi connectivity index (χ4v) is 4.93. The van der Waals surface area contributed by atoms with E-state index in [4.69, 9.17) is 9.52 Å². The van der Waals surface area contributed by atoms with Gasteiger partial charge in [-0.1, -0.05) is 44.2 Å². The lowest BCUT2D eigenvalue weighted by Crippen LogP contribution is -2.48. The molecule has 218 valence electrons. The molecular formula is C30H32F3N3O5. The number of nitrogens with one attached hydrogen (secondary N) is 3. The van der Waals surface area contributed by atoms with Gasteiger partial charge in [-0.05, 0) is 60.9 Å². The van der Waals surface area contributed by atoms with Crippen molar-refractivity contribution in [2.24, 2.45) is 5.92 Å². The van der Waals surface area contributed by atoms with Crippen LogP contribution in [-0.4, -0.2) is 42.0 Å². The van der Waals surface area contributed by atoms with Gasteiger partial charge in [0, 0.05) is 24.3 Å². The summed E-state index contributed by atoms with van der Waals surface area (Å²) in [6.45, 7) is 0.637. The molecule has 0 spiro atoms. The standard InChI is InChI=1S/C30H32F3N3O5/c31-30(32,33)22-8-4-7-21(18-22)25-13-14-26(41-25)28(38)36-24(17-19-5-2-1-3-6-19)27(37)35-16-15-34-23-11-9-20(10-12-23)29(39)40/h4,7-14,18-19,24,34H,1-3,5-6,15-17H2,(H,35,37)(H,36,38)(H,39,40)/t24-/m0/s1. The third kappa shape index (κ3) is 8.36. The number of aromatic carboxylic acids is 1. The van der Waals surface area contributed by atoms with Crippen molar-refractivity contribution in [1.29, 1.82) is 0 Å². The summed E-state index contributed by atoms with van der Waals surface area (Å²) in [6, 6.07) is 12.8. The average Bonchev–Trinajstić information content (AvgIpc) is 3.46. The number of carbonyl (C=O) groups is 3. The summed E-state index contributed by atoms with van der Waals surface area (Å²) < 4.78 is 44.9. The molecule has 4 N–H and O–H groups in total. The molecule has 2 amide bonds. The summed E-state index contributed by atoms with van der Waals surface area (Å²) in [5.41, 5.74) is 0.225. The maximum absolute atomic E-state index is 13.1. The Morgan fingerprint density at radius 1 is 0.951 bits per heavy atom. The van der Waals surface area contributed by atoms with Crippen LogP contribution in [0.1, 0.15) is 65.0 Å². The molecular weight excluding hydrogens is 539 g/mol. The highest BCUT2D eigenvalue weighted by Crippen LogP contribution is 2.33. The number of amides is 2. The van der Waals surface area contributed by atoms with E-state index in [1.807, 2.05) is 0 Å². The largest absolute Gasteiger partial charge is 0.478 e. The van der Waals surface area contributed by atoms with Crippen LogP contribution in [-0.2, 0) is 11.0 Å². The van der Waals surface area contributed by atoms with Crippen molar-refractivity contribution in [3.8, 4) is 11.3 Å². The van der Waals surface area contributed by atoms with Gasteiger partial charge in [0.05, 0.1) is 11.1 Å². The normalized spacial score (nSPS) is 14.7. The SMILES string of the molecule is O=C(O)c1ccc(NCCNC(=O)[C@H](CC2CCCCC2)NC(=O)c2ccc(-c3cccc(C(F)(F)F)c3)o2)cc1. The monoisotopic (exact) mass is 571 g/mol. The first kappa shape index (κ1) is 29.7. The van der Waals surface area contributed by atoms with Crippen molar-refractivity contribution in [3.05, 3.63) is 77.6 Å². The first-order valence-corrected chi connectivity index (χ1v) is 13.5. The van der Waals surface area contributed by atoms with Crippen molar-refractivity contribution in [2.75, 3.05) is 18.4 Å². The van der Waals surface area contributed by atoms with Gasteiger partial charge in [-0.15, -0.1) is 0 Å². The number of halogens is 3. The van der Waals surface area contributed by atoms with Crippen molar-refractivity contribution in [3.63, 3.8) is 0 Å². The van der Waals surface area contributed by atoms with Gasteiger partial charge in [0.2, 0.25) is 5.91 Å². The van der Waals surface area contributed by atoms with E-state index in [9.17, 15) is 27.6 Å². The minimum atomic E-state index is -4.51. The molecule has 1 aromatic heterocycles. The van der Waals surface area contributed by atoms with Gasteiger partial charge >= 0.3 is 12.1 Å². The van der Waals surface area contributed by atoms with Crippen LogP contribution in [0.25, 0.3) is 11.3 Å². The van der Waals surface area contributed by atoms with Crippen LogP contribution in [0, 0.1) is 5.92 Å². The number of benzene rings is 2. The van der Waals surface area contributed by atoms with Gasteiger partial charge < -0.3 is 25.5 Å². The molecule has 0 saturated heterocycles. The molecule has 0 bridgehead atoms. The maximum atomic E-state index is 13.1. The molecule has 1 fully saturated rings. The molecule has 8 nitrogen and oxygen atoms in total.